The third kappa shape index (κ3) is 3.00. The third-order valence-corrected chi connectivity index (χ3v) is 6.72. The van der Waals surface area contributed by atoms with Gasteiger partial charge in [-0.2, -0.15) is 0 Å². The molecule has 0 atom stereocenters. The normalized spacial score (nSPS) is 11.4. The molecule has 0 radical (unpaired) electrons. The van der Waals surface area contributed by atoms with Crippen molar-refractivity contribution in [3.05, 3.63) is 108 Å². The number of benzene rings is 4. The molecule has 2 heterocycles. The van der Waals surface area contributed by atoms with Crippen molar-refractivity contribution in [1.82, 2.24) is 0 Å². The first-order chi connectivity index (χ1) is 16.5. The van der Waals surface area contributed by atoms with Gasteiger partial charge in [0.15, 0.2) is 11.9 Å². The first-order valence-corrected chi connectivity index (χ1v) is 11.4. The van der Waals surface area contributed by atoms with Crippen LogP contribution in [-0.4, -0.2) is 0 Å². The highest BCUT2D eigenvalue weighted by Crippen LogP contribution is 2.44. The first kappa shape index (κ1) is 20.2. The zero-order chi connectivity index (χ0) is 23.4. The largest absolute Gasteiger partial charge is 0.456 e. The molecule has 6 rings (SSSR count). The molecular weight excluding hydrogens is 416 g/mol. The highest BCUT2D eigenvalue weighted by molar-refractivity contribution is 6.18. The molecule has 0 N–H and O–H groups in total. The number of rotatable bonds is 2. The molecule has 4 aromatic carbocycles. The Hall–Kier alpha value is -4.42. The van der Waals surface area contributed by atoms with E-state index in [-0.39, 0.29) is 0 Å². The SMILES string of the molecule is [C-]#[N+]c1ccc(-c2ccc3ccccc3c2)c2oc3c(-c4cc(C)cc[n+]4C)c(C)ccc3c12. The third-order valence-electron chi connectivity index (χ3n) is 6.72. The van der Waals surface area contributed by atoms with Crippen molar-refractivity contribution < 1.29 is 8.98 Å². The zero-order valence-electron chi connectivity index (χ0n) is 19.4. The summed E-state index contributed by atoms with van der Waals surface area (Å²) in [5, 5.41) is 4.24. The fourth-order valence-corrected chi connectivity index (χ4v) is 4.94. The fraction of sp³-hybridized carbons (Fsp3) is 0.0968. The Morgan fingerprint density at radius 3 is 2.47 bits per heavy atom. The monoisotopic (exact) mass is 439 g/mol. The lowest BCUT2D eigenvalue weighted by Crippen LogP contribution is -2.30. The van der Waals surface area contributed by atoms with E-state index < -0.39 is 0 Å². The molecule has 3 nitrogen and oxygen atoms in total. The summed E-state index contributed by atoms with van der Waals surface area (Å²) in [7, 11) is 2.06. The van der Waals surface area contributed by atoms with Crippen LogP contribution in [0.3, 0.4) is 0 Å². The lowest BCUT2D eigenvalue weighted by atomic mass is 9.97. The molecule has 0 aliphatic heterocycles. The Balaban J connectivity index is 1.72. The minimum absolute atomic E-state index is 0.613. The Bertz CT molecular complexity index is 1800. The van der Waals surface area contributed by atoms with E-state index in [9.17, 15) is 0 Å². The van der Waals surface area contributed by atoms with Crippen LogP contribution in [0.25, 0.3) is 59.9 Å². The Labute approximate surface area is 198 Å². The van der Waals surface area contributed by atoms with Crippen LogP contribution in [-0.2, 0) is 7.05 Å². The number of nitrogens with zero attached hydrogens (tertiary/aromatic N) is 2. The number of furan rings is 1. The van der Waals surface area contributed by atoms with Gasteiger partial charge in [-0.15, -0.1) is 0 Å². The Morgan fingerprint density at radius 1 is 0.824 bits per heavy atom. The topological polar surface area (TPSA) is 21.4 Å². The van der Waals surface area contributed by atoms with E-state index in [1.807, 2.05) is 12.1 Å². The number of pyridine rings is 1. The Morgan fingerprint density at radius 2 is 1.65 bits per heavy atom. The van der Waals surface area contributed by atoms with E-state index in [4.69, 9.17) is 11.0 Å². The molecular formula is C31H23N2O+. The van der Waals surface area contributed by atoms with Gasteiger partial charge in [0.2, 0.25) is 5.69 Å². The minimum Gasteiger partial charge on any atom is -0.456 e. The van der Waals surface area contributed by atoms with E-state index in [2.05, 4.69) is 103 Å². The summed E-state index contributed by atoms with van der Waals surface area (Å²) in [6.07, 6.45) is 2.08. The molecule has 0 amide bonds. The zero-order valence-corrected chi connectivity index (χ0v) is 19.4. The van der Waals surface area contributed by atoms with Crippen LogP contribution in [0.1, 0.15) is 11.1 Å². The van der Waals surface area contributed by atoms with Crippen molar-refractivity contribution in [1.29, 1.82) is 0 Å². The molecule has 2 aromatic heterocycles. The average Bonchev–Trinajstić information content (AvgIpc) is 3.24. The minimum atomic E-state index is 0.613. The smallest absolute Gasteiger partial charge is 0.216 e. The van der Waals surface area contributed by atoms with Crippen LogP contribution >= 0.6 is 0 Å². The summed E-state index contributed by atoms with van der Waals surface area (Å²) < 4.78 is 8.82. The molecule has 0 bridgehead atoms. The van der Waals surface area contributed by atoms with E-state index in [0.717, 1.165) is 49.9 Å². The maximum atomic E-state index is 7.82. The second-order valence-corrected chi connectivity index (χ2v) is 8.95. The Kier molecular flexibility index (Phi) is 4.50. The van der Waals surface area contributed by atoms with Gasteiger partial charge in [-0.3, -0.25) is 0 Å². The summed E-state index contributed by atoms with van der Waals surface area (Å²) in [6.45, 7) is 12.0. The van der Waals surface area contributed by atoms with E-state index in [0.29, 0.717) is 5.69 Å². The van der Waals surface area contributed by atoms with Crippen molar-refractivity contribution in [3.8, 4) is 22.4 Å². The van der Waals surface area contributed by atoms with Crippen molar-refractivity contribution in [2.45, 2.75) is 13.8 Å². The summed E-state index contributed by atoms with van der Waals surface area (Å²) in [6, 6.07) is 27.3. The number of fused-ring (bicyclic) bond motifs is 4. The number of hydrogen-bond donors (Lipinski definition) is 0. The van der Waals surface area contributed by atoms with E-state index in [1.165, 1.54) is 16.3 Å². The summed E-state index contributed by atoms with van der Waals surface area (Å²) in [5.41, 5.74) is 8.79. The predicted octanol–water partition coefficient (Wildman–Crippen LogP) is 8.07. The maximum absolute atomic E-state index is 7.82. The molecule has 0 spiro atoms. The highest BCUT2D eigenvalue weighted by atomic mass is 16.3. The van der Waals surface area contributed by atoms with Crippen LogP contribution in [0.2, 0.25) is 0 Å². The molecule has 3 heteroatoms. The van der Waals surface area contributed by atoms with Crippen molar-refractivity contribution >= 4 is 38.4 Å². The van der Waals surface area contributed by atoms with Gasteiger partial charge in [0.25, 0.3) is 0 Å². The van der Waals surface area contributed by atoms with Gasteiger partial charge in [-0.25, -0.2) is 9.41 Å². The van der Waals surface area contributed by atoms with Gasteiger partial charge in [0.05, 0.1) is 12.1 Å². The highest BCUT2D eigenvalue weighted by Gasteiger charge is 2.23. The molecule has 162 valence electrons. The molecule has 34 heavy (non-hydrogen) atoms. The summed E-state index contributed by atoms with van der Waals surface area (Å²) in [5.74, 6) is 0. The summed E-state index contributed by atoms with van der Waals surface area (Å²) in [4.78, 5) is 3.85. The molecule has 0 aliphatic rings. The van der Waals surface area contributed by atoms with Crippen LogP contribution in [0.4, 0.5) is 5.69 Å². The lowest BCUT2D eigenvalue weighted by Gasteiger charge is -2.06. The predicted molar refractivity (Wildman–Crippen MR) is 139 cm³/mol. The number of aromatic nitrogens is 1. The second-order valence-electron chi connectivity index (χ2n) is 8.95. The number of hydrogen-bond acceptors (Lipinski definition) is 1. The molecule has 0 fully saturated rings. The van der Waals surface area contributed by atoms with Gasteiger partial charge < -0.3 is 4.42 Å². The lowest BCUT2D eigenvalue weighted by molar-refractivity contribution is -0.660. The van der Waals surface area contributed by atoms with Crippen LogP contribution in [0.15, 0.2) is 89.5 Å². The van der Waals surface area contributed by atoms with Gasteiger partial charge in [-0.1, -0.05) is 60.7 Å². The van der Waals surface area contributed by atoms with E-state index in [1.54, 1.807) is 0 Å². The van der Waals surface area contributed by atoms with Gasteiger partial charge >= 0.3 is 0 Å². The molecule has 0 saturated carbocycles. The van der Waals surface area contributed by atoms with Crippen LogP contribution in [0, 0.1) is 20.4 Å². The van der Waals surface area contributed by atoms with Crippen molar-refractivity contribution in [2.24, 2.45) is 7.05 Å². The van der Waals surface area contributed by atoms with Gasteiger partial charge in [-0.05, 0) is 47.4 Å². The second kappa shape index (κ2) is 7.57. The van der Waals surface area contributed by atoms with Gasteiger partial charge in [0, 0.05) is 28.5 Å². The quantitative estimate of drug-likeness (QED) is 0.197. The summed E-state index contributed by atoms with van der Waals surface area (Å²) >= 11 is 0. The van der Waals surface area contributed by atoms with Crippen LogP contribution < -0.4 is 4.57 Å². The van der Waals surface area contributed by atoms with E-state index >= 15 is 0 Å². The average molecular weight is 440 g/mol. The molecule has 6 aromatic rings. The van der Waals surface area contributed by atoms with Crippen molar-refractivity contribution in [2.75, 3.05) is 0 Å². The molecule has 0 saturated heterocycles. The van der Waals surface area contributed by atoms with Crippen LogP contribution in [0.5, 0.6) is 0 Å². The number of aryl methyl sites for hydroxylation is 3. The van der Waals surface area contributed by atoms with Gasteiger partial charge in [0.1, 0.15) is 18.2 Å². The first-order valence-electron chi connectivity index (χ1n) is 11.4. The molecule has 0 aliphatic carbocycles. The maximum Gasteiger partial charge on any atom is 0.216 e. The molecule has 0 unspecified atom stereocenters. The van der Waals surface area contributed by atoms with Crippen molar-refractivity contribution in [3.63, 3.8) is 0 Å². The standard InChI is InChI=1S/C31H23N2O/c1-19-15-16-33(4)27(17-19)28-20(2)9-12-25-29-26(32-3)14-13-24(30(29)34-31(25)28)23-11-10-21-7-5-6-8-22(21)18-23/h5-18H,1-2,4H3/q+1. The fourth-order valence-electron chi connectivity index (χ4n) is 4.94.